The number of hydrogen-bond donors (Lipinski definition) is 2. The summed E-state index contributed by atoms with van der Waals surface area (Å²) in [6.07, 6.45) is 2.42. The van der Waals surface area contributed by atoms with E-state index < -0.39 is 11.8 Å². The number of ketones is 1. The summed E-state index contributed by atoms with van der Waals surface area (Å²) in [6.45, 7) is 2.02. The highest BCUT2D eigenvalue weighted by Crippen LogP contribution is 2.15. The third kappa shape index (κ3) is 5.99. The Hall–Kier alpha value is -1.91. The molecule has 0 fully saturated rings. The zero-order valence-electron chi connectivity index (χ0n) is 10.9. The number of carbonyl (C=O) groups excluding carboxylic acids is 1. The van der Waals surface area contributed by atoms with Gasteiger partial charge in [-0.3, -0.25) is 9.59 Å². The number of nitrogens with one attached hydrogen (secondary N) is 1. The summed E-state index contributed by atoms with van der Waals surface area (Å²) >= 11 is 0. The molecule has 2 N–H and O–H groups in total. The van der Waals surface area contributed by atoms with Crippen LogP contribution in [0.15, 0.2) is 18.2 Å². The first-order valence-corrected chi connectivity index (χ1v) is 6.26. The van der Waals surface area contributed by atoms with Crippen molar-refractivity contribution in [3.05, 3.63) is 29.6 Å². The number of carboxylic acids is 1. The number of hydrogen-bond acceptors (Lipinski definition) is 3. The summed E-state index contributed by atoms with van der Waals surface area (Å²) in [7, 11) is 0. The Morgan fingerprint density at radius 1 is 1.21 bits per heavy atom. The lowest BCUT2D eigenvalue weighted by Gasteiger charge is -2.07. The molecule has 1 rings (SSSR count). The molecule has 0 aliphatic heterocycles. The van der Waals surface area contributed by atoms with Gasteiger partial charge in [-0.25, -0.2) is 4.39 Å². The molecule has 0 saturated heterocycles. The fraction of sp³-hybridized carbons (Fsp3) is 0.429. The van der Waals surface area contributed by atoms with Crippen LogP contribution in [0, 0.1) is 5.82 Å². The van der Waals surface area contributed by atoms with E-state index in [9.17, 15) is 14.0 Å². The Balaban J connectivity index is 2.37. The summed E-state index contributed by atoms with van der Waals surface area (Å²) < 4.78 is 13.2. The third-order valence-corrected chi connectivity index (χ3v) is 2.70. The van der Waals surface area contributed by atoms with E-state index >= 15 is 0 Å². The van der Waals surface area contributed by atoms with Gasteiger partial charge in [-0.15, -0.1) is 0 Å². The molecule has 1 aromatic rings. The van der Waals surface area contributed by atoms with E-state index in [2.05, 4.69) is 5.32 Å². The molecule has 19 heavy (non-hydrogen) atoms. The van der Waals surface area contributed by atoms with Crippen LogP contribution >= 0.6 is 0 Å². The van der Waals surface area contributed by atoms with E-state index in [1.54, 1.807) is 6.07 Å². The highest BCUT2D eigenvalue weighted by atomic mass is 19.1. The van der Waals surface area contributed by atoms with E-state index in [1.807, 2.05) is 0 Å². The topological polar surface area (TPSA) is 66.4 Å². The van der Waals surface area contributed by atoms with Crippen molar-refractivity contribution in [2.45, 2.75) is 32.6 Å². The highest BCUT2D eigenvalue weighted by Gasteiger charge is 2.04. The molecule has 0 aliphatic carbocycles. The van der Waals surface area contributed by atoms with Gasteiger partial charge in [0.05, 0.1) is 0 Å². The average Bonchev–Trinajstić information content (AvgIpc) is 2.32. The van der Waals surface area contributed by atoms with Crippen LogP contribution in [0.4, 0.5) is 10.1 Å². The van der Waals surface area contributed by atoms with Crippen LogP contribution < -0.4 is 5.32 Å². The lowest BCUT2D eigenvalue weighted by atomic mass is 10.1. The number of carbonyl (C=O) groups is 2. The Bertz CT molecular complexity index is 460. The molecule has 0 heterocycles. The van der Waals surface area contributed by atoms with Gasteiger partial charge in [-0.1, -0.05) is 6.42 Å². The van der Waals surface area contributed by atoms with Crippen molar-refractivity contribution >= 4 is 17.4 Å². The van der Waals surface area contributed by atoms with Gasteiger partial charge in [0, 0.05) is 24.2 Å². The van der Waals surface area contributed by atoms with Crippen molar-refractivity contribution < 1.29 is 19.1 Å². The first-order valence-electron chi connectivity index (χ1n) is 6.26. The van der Waals surface area contributed by atoms with Crippen molar-refractivity contribution in [2.24, 2.45) is 0 Å². The van der Waals surface area contributed by atoms with Crippen LogP contribution in [0.5, 0.6) is 0 Å². The first kappa shape index (κ1) is 15.1. The zero-order chi connectivity index (χ0) is 14.3. The van der Waals surface area contributed by atoms with Crippen LogP contribution in [0.2, 0.25) is 0 Å². The minimum atomic E-state index is -0.788. The van der Waals surface area contributed by atoms with E-state index in [-0.39, 0.29) is 12.2 Å². The van der Waals surface area contributed by atoms with Gasteiger partial charge in [0.1, 0.15) is 5.82 Å². The minimum absolute atomic E-state index is 0.175. The first-order chi connectivity index (χ1) is 8.99. The van der Waals surface area contributed by atoms with Gasteiger partial charge in [-0.2, -0.15) is 0 Å². The van der Waals surface area contributed by atoms with E-state index in [1.165, 1.54) is 19.1 Å². The molecular weight excluding hydrogens is 249 g/mol. The molecule has 0 bridgehead atoms. The SMILES string of the molecule is CC(=O)c1cc(F)cc(NCCCCCC(=O)O)c1. The molecule has 0 aromatic heterocycles. The lowest BCUT2D eigenvalue weighted by molar-refractivity contribution is -0.137. The summed E-state index contributed by atoms with van der Waals surface area (Å²) in [6, 6.07) is 4.16. The van der Waals surface area contributed by atoms with Crippen LogP contribution in [-0.2, 0) is 4.79 Å². The molecule has 0 amide bonds. The molecule has 1 aromatic carbocycles. The van der Waals surface area contributed by atoms with Crippen LogP contribution in [0.3, 0.4) is 0 Å². The number of rotatable bonds is 8. The molecule has 0 spiro atoms. The number of benzene rings is 1. The normalized spacial score (nSPS) is 10.2. The molecule has 0 atom stereocenters. The summed E-state index contributed by atoms with van der Waals surface area (Å²) in [4.78, 5) is 21.5. The number of unbranched alkanes of at least 4 members (excludes halogenated alkanes) is 2. The van der Waals surface area contributed by atoms with Crippen LogP contribution in [-0.4, -0.2) is 23.4 Å². The smallest absolute Gasteiger partial charge is 0.303 e. The molecule has 4 nitrogen and oxygen atoms in total. The molecule has 0 saturated carbocycles. The van der Waals surface area contributed by atoms with Crippen LogP contribution in [0.1, 0.15) is 43.0 Å². The maximum atomic E-state index is 13.2. The monoisotopic (exact) mass is 267 g/mol. The number of halogens is 1. The van der Waals surface area contributed by atoms with Gasteiger partial charge < -0.3 is 10.4 Å². The van der Waals surface area contributed by atoms with Gasteiger partial charge >= 0.3 is 5.97 Å². The van der Waals surface area contributed by atoms with Crippen molar-refractivity contribution in [3.8, 4) is 0 Å². The minimum Gasteiger partial charge on any atom is -0.481 e. The third-order valence-electron chi connectivity index (χ3n) is 2.70. The molecule has 0 radical (unpaired) electrons. The van der Waals surface area contributed by atoms with E-state index in [0.717, 1.165) is 12.8 Å². The second-order valence-electron chi connectivity index (χ2n) is 4.42. The maximum absolute atomic E-state index is 13.2. The Morgan fingerprint density at radius 3 is 2.58 bits per heavy atom. The number of aliphatic carboxylic acids is 1. The number of Topliss-reactive ketones (excluding diaryl/α,β-unsaturated/α-hetero) is 1. The quantitative estimate of drug-likeness (QED) is 0.561. The predicted molar refractivity (Wildman–Crippen MR) is 71.0 cm³/mol. The standard InChI is InChI=1S/C14H18FNO3/c1-10(17)11-7-12(15)9-13(8-11)16-6-4-2-3-5-14(18)19/h7-9,16H,2-6H2,1H3,(H,18,19). The van der Waals surface area contributed by atoms with Gasteiger partial charge in [0.15, 0.2) is 5.78 Å². The average molecular weight is 267 g/mol. The predicted octanol–water partition coefficient (Wildman–Crippen LogP) is 3.09. The van der Waals surface area contributed by atoms with E-state index in [4.69, 9.17) is 5.11 Å². The fourth-order valence-electron chi connectivity index (χ4n) is 1.71. The van der Waals surface area contributed by atoms with Crippen molar-refractivity contribution in [1.29, 1.82) is 0 Å². The molecule has 0 unspecified atom stereocenters. The Morgan fingerprint density at radius 2 is 1.95 bits per heavy atom. The molecule has 104 valence electrons. The summed E-state index contributed by atoms with van der Waals surface area (Å²) in [5.41, 5.74) is 0.914. The summed E-state index contributed by atoms with van der Waals surface area (Å²) in [5, 5.41) is 11.5. The molecule has 5 heteroatoms. The van der Waals surface area contributed by atoms with E-state index in [0.29, 0.717) is 24.2 Å². The van der Waals surface area contributed by atoms with Gasteiger partial charge in [-0.05, 0) is 38.0 Å². The van der Waals surface area contributed by atoms with Crippen molar-refractivity contribution in [1.82, 2.24) is 0 Å². The number of anilines is 1. The van der Waals surface area contributed by atoms with Crippen molar-refractivity contribution in [3.63, 3.8) is 0 Å². The maximum Gasteiger partial charge on any atom is 0.303 e. The largest absolute Gasteiger partial charge is 0.481 e. The number of carboxylic acid groups (broad SMARTS) is 1. The highest BCUT2D eigenvalue weighted by molar-refractivity contribution is 5.94. The van der Waals surface area contributed by atoms with Gasteiger partial charge in [0.25, 0.3) is 0 Å². The Labute approximate surface area is 111 Å². The molecule has 0 aliphatic rings. The fourth-order valence-corrected chi connectivity index (χ4v) is 1.71. The second-order valence-corrected chi connectivity index (χ2v) is 4.42. The summed E-state index contributed by atoms with van der Waals surface area (Å²) in [5.74, 6) is -1.41. The van der Waals surface area contributed by atoms with Gasteiger partial charge in [0.2, 0.25) is 0 Å². The molecular formula is C14H18FNO3. The Kier molecular flexibility index (Phi) is 5.99. The lowest BCUT2D eigenvalue weighted by Crippen LogP contribution is -2.04. The zero-order valence-corrected chi connectivity index (χ0v) is 10.9. The van der Waals surface area contributed by atoms with Crippen LogP contribution in [0.25, 0.3) is 0 Å². The van der Waals surface area contributed by atoms with Crippen molar-refractivity contribution in [2.75, 3.05) is 11.9 Å². The second kappa shape index (κ2) is 7.51.